The van der Waals surface area contributed by atoms with Crippen LogP contribution in [0.15, 0.2) is 35.7 Å². The molecule has 0 fully saturated rings. The van der Waals surface area contributed by atoms with E-state index >= 15 is 0 Å². The fourth-order valence-corrected chi connectivity index (χ4v) is 2.48. The molecule has 0 saturated heterocycles. The van der Waals surface area contributed by atoms with Gasteiger partial charge in [-0.2, -0.15) is 32.2 Å². The summed E-state index contributed by atoms with van der Waals surface area (Å²) in [6.45, 7) is -2.94. The highest BCUT2D eigenvalue weighted by molar-refractivity contribution is 6.04. The molecule has 132 valence electrons. The first-order chi connectivity index (χ1) is 11.8. The van der Waals surface area contributed by atoms with Crippen molar-refractivity contribution in [2.24, 2.45) is 5.10 Å². The summed E-state index contributed by atoms with van der Waals surface area (Å²) in [5, 5.41) is 7.13. The average molecular weight is 358 g/mol. The molecule has 0 saturated carbocycles. The van der Waals surface area contributed by atoms with Crippen LogP contribution in [-0.2, 0) is 11.0 Å². The van der Waals surface area contributed by atoms with Crippen LogP contribution in [0.3, 0.4) is 0 Å². The van der Waals surface area contributed by atoms with Crippen molar-refractivity contribution < 1.29 is 26.7 Å². The van der Waals surface area contributed by atoms with Crippen LogP contribution in [0.25, 0.3) is 11.1 Å². The average Bonchev–Trinajstić information content (AvgIpc) is 3.04. The largest absolute Gasteiger partial charge is 0.417 e. The van der Waals surface area contributed by atoms with E-state index in [1.54, 1.807) is 0 Å². The van der Waals surface area contributed by atoms with E-state index in [9.17, 15) is 26.7 Å². The highest BCUT2D eigenvalue weighted by Gasteiger charge is 2.35. The first kappa shape index (κ1) is 17.1. The molecular weight excluding hydrogens is 347 g/mol. The summed E-state index contributed by atoms with van der Waals surface area (Å²) in [7, 11) is 0. The first-order valence-corrected chi connectivity index (χ1v) is 7.15. The van der Waals surface area contributed by atoms with Gasteiger partial charge in [0.1, 0.15) is 0 Å². The van der Waals surface area contributed by atoms with Gasteiger partial charge in [0.2, 0.25) is 5.91 Å². The summed E-state index contributed by atoms with van der Waals surface area (Å²) < 4.78 is 65.7. The van der Waals surface area contributed by atoms with Gasteiger partial charge in [-0.15, -0.1) is 0 Å². The molecule has 25 heavy (non-hydrogen) atoms. The van der Waals surface area contributed by atoms with Crippen molar-refractivity contribution in [3.05, 3.63) is 41.7 Å². The zero-order valence-electron chi connectivity index (χ0n) is 12.5. The standard InChI is InChI=1S/C15H11F5N4O/c16-14(17)24-7-9(6-21-24)10-2-1-8(5-11(10)15(18,19)20)12-3-4-13(25)23-22-12/h1-2,5-7,14H,3-4H2,(H,23,25). The van der Waals surface area contributed by atoms with Crippen molar-refractivity contribution in [3.63, 3.8) is 0 Å². The number of nitrogens with zero attached hydrogens (tertiary/aromatic N) is 3. The van der Waals surface area contributed by atoms with Crippen LogP contribution in [-0.4, -0.2) is 21.4 Å². The third-order valence-corrected chi connectivity index (χ3v) is 3.68. The maximum absolute atomic E-state index is 13.4. The second-order valence-corrected chi connectivity index (χ2v) is 5.34. The van der Waals surface area contributed by atoms with Crippen LogP contribution in [0.2, 0.25) is 0 Å². The smallest absolute Gasteiger partial charge is 0.273 e. The molecule has 1 aliphatic heterocycles. The fraction of sp³-hybridized carbons (Fsp3) is 0.267. The van der Waals surface area contributed by atoms with Crippen LogP contribution in [0.4, 0.5) is 22.0 Å². The Morgan fingerprint density at radius 2 is 1.92 bits per heavy atom. The molecule has 0 unspecified atom stereocenters. The number of rotatable bonds is 3. The Kier molecular flexibility index (Phi) is 4.27. The molecule has 0 spiro atoms. The Morgan fingerprint density at radius 3 is 2.48 bits per heavy atom. The molecule has 0 bridgehead atoms. The van der Waals surface area contributed by atoms with Crippen LogP contribution >= 0.6 is 0 Å². The lowest BCUT2D eigenvalue weighted by Gasteiger charge is -2.16. The van der Waals surface area contributed by atoms with Crippen LogP contribution < -0.4 is 5.43 Å². The van der Waals surface area contributed by atoms with Crippen molar-refractivity contribution in [2.75, 3.05) is 0 Å². The van der Waals surface area contributed by atoms with E-state index in [1.807, 2.05) is 0 Å². The number of alkyl halides is 5. The Hall–Kier alpha value is -2.78. The van der Waals surface area contributed by atoms with Gasteiger partial charge in [0, 0.05) is 24.6 Å². The van der Waals surface area contributed by atoms with Gasteiger partial charge in [0.25, 0.3) is 0 Å². The minimum absolute atomic E-state index is 0.0712. The number of hydrazone groups is 1. The normalized spacial score (nSPS) is 15.3. The fourth-order valence-electron chi connectivity index (χ4n) is 2.48. The van der Waals surface area contributed by atoms with E-state index in [0.29, 0.717) is 5.71 Å². The minimum atomic E-state index is -4.70. The van der Waals surface area contributed by atoms with Crippen molar-refractivity contribution in [1.82, 2.24) is 15.2 Å². The number of nitrogens with one attached hydrogen (secondary N) is 1. The quantitative estimate of drug-likeness (QED) is 0.853. The van der Waals surface area contributed by atoms with Gasteiger partial charge in [-0.25, -0.2) is 10.1 Å². The molecular formula is C15H11F5N4O. The van der Waals surface area contributed by atoms with Crippen molar-refractivity contribution >= 4 is 11.6 Å². The monoisotopic (exact) mass is 358 g/mol. The Morgan fingerprint density at radius 1 is 1.16 bits per heavy atom. The SMILES string of the molecule is O=C1CCC(c2ccc(-c3cnn(C(F)F)c3)c(C(F)(F)F)c2)=NN1. The van der Waals surface area contributed by atoms with Crippen LogP contribution in [0.1, 0.15) is 30.5 Å². The lowest BCUT2D eigenvalue weighted by atomic mass is 9.95. The van der Waals surface area contributed by atoms with Gasteiger partial charge < -0.3 is 0 Å². The number of halogens is 5. The zero-order chi connectivity index (χ0) is 18.2. The van der Waals surface area contributed by atoms with Gasteiger partial charge in [0.05, 0.1) is 17.5 Å². The van der Waals surface area contributed by atoms with Gasteiger partial charge >= 0.3 is 12.7 Å². The van der Waals surface area contributed by atoms with Crippen molar-refractivity contribution in [3.8, 4) is 11.1 Å². The Bertz CT molecular complexity index is 841. The number of benzene rings is 1. The van der Waals surface area contributed by atoms with Crippen LogP contribution in [0.5, 0.6) is 0 Å². The number of hydrogen-bond acceptors (Lipinski definition) is 3. The number of amides is 1. The van der Waals surface area contributed by atoms with Gasteiger partial charge in [-0.05, 0) is 17.2 Å². The molecule has 2 heterocycles. The summed E-state index contributed by atoms with van der Waals surface area (Å²) in [5.74, 6) is -0.309. The Balaban J connectivity index is 2.05. The summed E-state index contributed by atoms with van der Waals surface area (Å²) in [4.78, 5) is 11.1. The van der Waals surface area contributed by atoms with E-state index in [2.05, 4.69) is 15.6 Å². The number of carbonyl (C=O) groups is 1. The molecule has 1 aliphatic rings. The summed E-state index contributed by atoms with van der Waals surface area (Å²) >= 11 is 0. The van der Waals surface area contributed by atoms with Crippen molar-refractivity contribution in [1.29, 1.82) is 0 Å². The molecule has 0 radical (unpaired) electrons. The third kappa shape index (κ3) is 3.52. The van der Waals surface area contributed by atoms with E-state index in [1.165, 1.54) is 12.1 Å². The third-order valence-electron chi connectivity index (χ3n) is 3.68. The maximum atomic E-state index is 13.4. The molecule has 1 N–H and O–H groups in total. The second kappa shape index (κ2) is 6.26. The molecule has 10 heteroatoms. The summed E-state index contributed by atoms with van der Waals surface area (Å²) in [6.07, 6.45) is -2.55. The van der Waals surface area contributed by atoms with Gasteiger partial charge in [-0.1, -0.05) is 12.1 Å². The molecule has 1 aromatic heterocycles. The van der Waals surface area contributed by atoms with E-state index < -0.39 is 18.3 Å². The highest BCUT2D eigenvalue weighted by atomic mass is 19.4. The predicted octanol–water partition coefficient (Wildman–Crippen LogP) is 3.58. The second-order valence-electron chi connectivity index (χ2n) is 5.34. The maximum Gasteiger partial charge on any atom is 0.417 e. The first-order valence-electron chi connectivity index (χ1n) is 7.15. The number of carbonyl (C=O) groups excluding carboxylic acids is 1. The molecule has 1 aromatic carbocycles. The molecule has 3 rings (SSSR count). The van der Waals surface area contributed by atoms with E-state index in [0.717, 1.165) is 18.5 Å². The molecule has 0 atom stereocenters. The molecule has 5 nitrogen and oxygen atoms in total. The highest BCUT2D eigenvalue weighted by Crippen LogP contribution is 2.38. The van der Waals surface area contributed by atoms with E-state index in [4.69, 9.17) is 0 Å². The summed E-state index contributed by atoms with van der Waals surface area (Å²) in [5.41, 5.74) is 1.43. The number of aromatic nitrogens is 2. The van der Waals surface area contributed by atoms with Gasteiger partial charge in [0.15, 0.2) is 0 Å². The summed E-state index contributed by atoms with van der Waals surface area (Å²) in [6, 6.07) is 3.48. The zero-order valence-corrected chi connectivity index (χ0v) is 12.5. The number of hydrogen-bond donors (Lipinski definition) is 1. The molecule has 0 aliphatic carbocycles. The molecule has 2 aromatic rings. The van der Waals surface area contributed by atoms with E-state index in [-0.39, 0.29) is 40.1 Å². The molecule has 1 amide bonds. The lowest BCUT2D eigenvalue weighted by Crippen LogP contribution is -2.26. The van der Waals surface area contributed by atoms with Crippen molar-refractivity contribution in [2.45, 2.75) is 25.6 Å². The minimum Gasteiger partial charge on any atom is -0.273 e. The Labute approximate surface area is 138 Å². The predicted molar refractivity (Wildman–Crippen MR) is 77.8 cm³/mol. The van der Waals surface area contributed by atoms with Gasteiger partial charge in [-0.3, -0.25) is 4.79 Å². The topological polar surface area (TPSA) is 59.3 Å². The lowest BCUT2D eigenvalue weighted by molar-refractivity contribution is -0.137. The van der Waals surface area contributed by atoms with Crippen LogP contribution in [0, 0.1) is 0 Å².